The molecule has 7 nitrogen and oxygen atoms in total. The molecular weight excluding hydrogens is 583 g/mol. The molecule has 0 atom stereocenters. The van der Waals surface area contributed by atoms with Crippen LogP contribution in [0, 0.1) is 0 Å². The van der Waals surface area contributed by atoms with Gasteiger partial charge in [0.05, 0.1) is 10.0 Å². The number of aromatic nitrogens is 2. The largest absolute Gasteiger partial charge is 0.488 e. The van der Waals surface area contributed by atoms with E-state index in [2.05, 4.69) is 20.5 Å². The molecule has 1 N–H and O–H groups in total. The molecule has 5 aromatic rings. The van der Waals surface area contributed by atoms with Gasteiger partial charge in [-0.2, -0.15) is 0 Å². The molecule has 0 bridgehead atoms. The third-order valence-corrected chi connectivity index (χ3v) is 8.48. The number of halogens is 2. The molecule has 0 aliphatic carbocycles. The fourth-order valence-corrected chi connectivity index (χ4v) is 5.90. The summed E-state index contributed by atoms with van der Waals surface area (Å²) in [6.45, 7) is 5.51. The monoisotopic (exact) mass is 616 g/mol. The summed E-state index contributed by atoms with van der Waals surface area (Å²) in [7, 11) is 0. The number of piperidine rings is 1. The van der Waals surface area contributed by atoms with Gasteiger partial charge in [0.15, 0.2) is 0 Å². The first-order chi connectivity index (χ1) is 21.1. The molecule has 0 radical (unpaired) electrons. The fourth-order valence-electron chi connectivity index (χ4n) is 5.37. The Balaban J connectivity index is 1.18. The Bertz CT molecular complexity index is 1650. The molecule has 0 saturated carbocycles. The fraction of sp³-hybridized carbons (Fsp3) is 0.294. The van der Waals surface area contributed by atoms with Crippen LogP contribution in [0.5, 0.6) is 11.5 Å². The zero-order valence-corrected chi connectivity index (χ0v) is 25.4. The Morgan fingerprint density at radius 1 is 0.767 bits per heavy atom. The predicted molar refractivity (Wildman–Crippen MR) is 171 cm³/mol. The zero-order chi connectivity index (χ0) is 29.4. The normalized spacial score (nSPS) is 13.8. The first kappa shape index (κ1) is 29.5. The smallest absolute Gasteiger partial charge is 0.142 e. The Morgan fingerprint density at radius 3 is 2.44 bits per heavy atom. The minimum absolute atomic E-state index is 0.266. The Morgan fingerprint density at radius 2 is 1.58 bits per heavy atom. The van der Waals surface area contributed by atoms with Crippen LogP contribution in [0.3, 0.4) is 0 Å². The van der Waals surface area contributed by atoms with E-state index in [0.717, 1.165) is 40.9 Å². The Hall–Kier alpha value is -3.62. The number of nitrogens with one attached hydrogen (secondary N) is 1. The number of hydrogen-bond donors (Lipinski definition) is 1. The maximum atomic E-state index is 6.82. The van der Waals surface area contributed by atoms with Crippen LogP contribution >= 0.6 is 23.2 Å². The zero-order valence-electron chi connectivity index (χ0n) is 23.9. The van der Waals surface area contributed by atoms with Gasteiger partial charge in [0.25, 0.3) is 0 Å². The van der Waals surface area contributed by atoms with Crippen LogP contribution in [0.25, 0.3) is 22.2 Å². The van der Waals surface area contributed by atoms with Crippen LogP contribution in [-0.2, 0) is 19.8 Å². The van der Waals surface area contributed by atoms with Crippen LogP contribution in [-0.4, -0.2) is 41.4 Å². The number of fused-ring (bicyclic) bond motifs is 1. The van der Waals surface area contributed by atoms with Gasteiger partial charge in [-0.05, 0) is 65.6 Å². The minimum atomic E-state index is 0.266. The second-order valence-electron chi connectivity index (χ2n) is 10.8. The Labute approximate surface area is 261 Å². The number of likely N-dealkylation sites (tertiary alicyclic amines) is 1. The summed E-state index contributed by atoms with van der Waals surface area (Å²) >= 11 is 13.6. The molecular formula is C34H34Cl2N4O3. The van der Waals surface area contributed by atoms with Crippen molar-refractivity contribution in [1.82, 2.24) is 20.5 Å². The van der Waals surface area contributed by atoms with Crippen molar-refractivity contribution in [3.8, 4) is 22.6 Å². The van der Waals surface area contributed by atoms with E-state index in [0.29, 0.717) is 45.7 Å². The van der Waals surface area contributed by atoms with Crippen molar-refractivity contribution >= 4 is 34.2 Å². The second-order valence-corrected chi connectivity index (χ2v) is 11.6. The molecule has 1 aliphatic heterocycles. The molecule has 1 saturated heterocycles. The summed E-state index contributed by atoms with van der Waals surface area (Å²) < 4.78 is 17.4. The highest BCUT2D eigenvalue weighted by atomic mass is 35.5. The van der Waals surface area contributed by atoms with Crippen molar-refractivity contribution < 1.29 is 14.1 Å². The summed E-state index contributed by atoms with van der Waals surface area (Å²) in [5.74, 6) is 1.23. The third-order valence-electron chi connectivity index (χ3n) is 7.74. The SMILES string of the molecule is Clc1cc(CNCCN2CCCCC2)c(OCc2ccc3nonc3c2)cc1OCc1cccc(-c2ccccc2)c1Cl. The van der Waals surface area contributed by atoms with Crippen molar-refractivity contribution in [2.75, 3.05) is 26.2 Å². The lowest BCUT2D eigenvalue weighted by molar-refractivity contribution is 0.228. The van der Waals surface area contributed by atoms with E-state index >= 15 is 0 Å². The van der Waals surface area contributed by atoms with Crippen molar-refractivity contribution in [2.24, 2.45) is 0 Å². The van der Waals surface area contributed by atoms with Crippen molar-refractivity contribution in [3.63, 3.8) is 0 Å². The van der Waals surface area contributed by atoms with Crippen LogP contribution in [0.15, 0.2) is 83.5 Å². The molecule has 43 heavy (non-hydrogen) atoms. The van der Waals surface area contributed by atoms with E-state index in [1.807, 2.05) is 78.9 Å². The molecule has 1 aromatic heterocycles. The molecule has 1 aliphatic rings. The van der Waals surface area contributed by atoms with E-state index in [-0.39, 0.29) is 6.61 Å². The molecule has 222 valence electrons. The van der Waals surface area contributed by atoms with Gasteiger partial charge in [-0.1, -0.05) is 84.2 Å². The highest BCUT2D eigenvalue weighted by molar-refractivity contribution is 6.34. The van der Waals surface area contributed by atoms with Gasteiger partial charge in [-0.25, -0.2) is 4.63 Å². The van der Waals surface area contributed by atoms with Gasteiger partial charge in [0.2, 0.25) is 0 Å². The quantitative estimate of drug-likeness (QED) is 0.143. The lowest BCUT2D eigenvalue weighted by Crippen LogP contribution is -2.35. The highest BCUT2D eigenvalue weighted by Crippen LogP contribution is 2.36. The van der Waals surface area contributed by atoms with E-state index in [9.17, 15) is 0 Å². The standard InChI is InChI=1S/C34H34Cl2N4O3/c35-29-19-27(21-37-14-17-40-15-5-2-6-16-40)32(41-22-24-12-13-30-31(18-24)39-43-38-30)20-33(29)42-23-26-10-7-11-28(34(26)36)25-8-3-1-4-9-25/h1,3-4,7-13,18-20,37H,2,5-6,14-17,21-23H2. The molecule has 0 spiro atoms. The lowest BCUT2D eigenvalue weighted by Gasteiger charge is -2.26. The number of hydrogen-bond acceptors (Lipinski definition) is 7. The van der Waals surface area contributed by atoms with E-state index in [1.165, 1.54) is 32.4 Å². The third kappa shape index (κ3) is 7.48. The van der Waals surface area contributed by atoms with E-state index in [4.69, 9.17) is 37.3 Å². The van der Waals surface area contributed by atoms with Crippen molar-refractivity contribution in [1.29, 1.82) is 0 Å². The van der Waals surface area contributed by atoms with Gasteiger partial charge < -0.3 is 19.7 Å². The summed E-state index contributed by atoms with van der Waals surface area (Å²) in [4.78, 5) is 2.52. The van der Waals surface area contributed by atoms with Crippen molar-refractivity contribution in [2.45, 2.75) is 39.0 Å². The number of ether oxygens (including phenoxy) is 2. The summed E-state index contributed by atoms with van der Waals surface area (Å²) in [5, 5.41) is 12.6. The maximum Gasteiger partial charge on any atom is 0.142 e. The van der Waals surface area contributed by atoms with Crippen LogP contribution in [0.2, 0.25) is 10.0 Å². The summed E-state index contributed by atoms with van der Waals surface area (Å²) in [6, 6.07) is 25.6. The average Bonchev–Trinajstić information content (AvgIpc) is 3.52. The number of nitrogens with zero attached hydrogens (tertiary/aromatic N) is 3. The van der Waals surface area contributed by atoms with Gasteiger partial charge in [-0.3, -0.25) is 0 Å². The van der Waals surface area contributed by atoms with Gasteiger partial charge in [-0.15, -0.1) is 0 Å². The molecule has 4 aromatic carbocycles. The molecule has 2 heterocycles. The molecule has 0 unspecified atom stereocenters. The van der Waals surface area contributed by atoms with Gasteiger partial charge >= 0.3 is 0 Å². The van der Waals surface area contributed by atoms with E-state index < -0.39 is 0 Å². The van der Waals surface area contributed by atoms with Crippen LogP contribution in [0.1, 0.15) is 36.0 Å². The van der Waals surface area contributed by atoms with Crippen LogP contribution in [0.4, 0.5) is 0 Å². The second kappa shape index (κ2) is 14.2. The average molecular weight is 618 g/mol. The minimum Gasteiger partial charge on any atom is -0.488 e. The Kier molecular flexibility index (Phi) is 9.75. The molecule has 0 amide bonds. The molecule has 9 heteroatoms. The first-order valence-corrected chi connectivity index (χ1v) is 15.4. The summed E-state index contributed by atoms with van der Waals surface area (Å²) in [6.07, 6.45) is 3.91. The lowest BCUT2D eigenvalue weighted by atomic mass is 10.0. The predicted octanol–water partition coefficient (Wildman–Crippen LogP) is 7.93. The topological polar surface area (TPSA) is 72.7 Å². The first-order valence-electron chi connectivity index (χ1n) is 14.7. The molecule has 6 rings (SSSR count). The van der Waals surface area contributed by atoms with Gasteiger partial charge in [0.1, 0.15) is 35.7 Å². The molecule has 1 fully saturated rings. The summed E-state index contributed by atoms with van der Waals surface area (Å²) in [5.41, 5.74) is 6.21. The van der Waals surface area contributed by atoms with E-state index in [1.54, 1.807) is 0 Å². The van der Waals surface area contributed by atoms with Crippen molar-refractivity contribution in [3.05, 3.63) is 106 Å². The maximum absolute atomic E-state index is 6.82. The van der Waals surface area contributed by atoms with Crippen LogP contribution < -0.4 is 14.8 Å². The van der Waals surface area contributed by atoms with Gasteiger partial charge in [0, 0.05) is 42.4 Å². The number of benzene rings is 4. The highest BCUT2D eigenvalue weighted by Gasteiger charge is 2.15. The number of rotatable bonds is 12.